The molecule has 1 aliphatic heterocycles. The molecule has 0 saturated carbocycles. The minimum Gasteiger partial charge on any atom is -0.375 e. The van der Waals surface area contributed by atoms with Gasteiger partial charge in [-0.2, -0.15) is 0 Å². The number of nitrogens with zero attached hydrogens (tertiary/aromatic N) is 1. The Kier molecular flexibility index (Phi) is 6.49. The Morgan fingerprint density at radius 3 is 2.30 bits per heavy atom. The molecule has 1 N–H and O–H groups in total. The van der Waals surface area contributed by atoms with E-state index in [9.17, 15) is 0 Å². The van der Waals surface area contributed by atoms with Crippen molar-refractivity contribution in [1.29, 1.82) is 0 Å². The molecule has 1 aliphatic rings. The van der Waals surface area contributed by atoms with E-state index in [1.165, 1.54) is 12.8 Å². The molecule has 0 spiro atoms. The molecule has 0 aromatic rings. The van der Waals surface area contributed by atoms with Crippen LogP contribution in [0, 0.1) is 5.92 Å². The molecule has 1 fully saturated rings. The molecule has 0 amide bonds. The fourth-order valence-corrected chi connectivity index (χ4v) is 3.11. The van der Waals surface area contributed by atoms with Crippen molar-refractivity contribution in [3.8, 4) is 0 Å². The number of hydrogen-bond acceptors (Lipinski definition) is 3. The van der Waals surface area contributed by atoms with Crippen LogP contribution >= 0.6 is 0 Å². The number of hydrogen-bond donors (Lipinski definition) is 1. The highest BCUT2D eigenvalue weighted by Crippen LogP contribution is 2.25. The van der Waals surface area contributed by atoms with Gasteiger partial charge in [0.1, 0.15) is 0 Å². The molecule has 0 aromatic carbocycles. The molecule has 1 saturated heterocycles. The summed E-state index contributed by atoms with van der Waals surface area (Å²) in [7, 11) is 0. The highest BCUT2D eigenvalue weighted by Gasteiger charge is 2.37. The van der Waals surface area contributed by atoms with Gasteiger partial charge in [-0.3, -0.25) is 4.90 Å². The second kappa shape index (κ2) is 7.24. The summed E-state index contributed by atoms with van der Waals surface area (Å²) in [6, 6.07) is 0.629. The Morgan fingerprint density at radius 2 is 1.85 bits per heavy atom. The zero-order valence-electron chi connectivity index (χ0n) is 14.8. The van der Waals surface area contributed by atoms with Crippen LogP contribution < -0.4 is 5.32 Å². The van der Waals surface area contributed by atoms with Gasteiger partial charge in [0.15, 0.2) is 0 Å². The molecule has 1 atom stereocenters. The molecule has 3 heteroatoms. The van der Waals surface area contributed by atoms with Crippen molar-refractivity contribution in [2.75, 3.05) is 26.2 Å². The SMILES string of the molecule is CCC1(CC)CN(CCOC(C)(C)C)C(C(C)C)CN1. The lowest BCUT2D eigenvalue weighted by Gasteiger charge is -2.49. The molecular formula is C17H36N2O. The highest BCUT2D eigenvalue weighted by molar-refractivity contribution is 4.97. The monoisotopic (exact) mass is 284 g/mol. The van der Waals surface area contributed by atoms with E-state index >= 15 is 0 Å². The van der Waals surface area contributed by atoms with Gasteiger partial charge < -0.3 is 10.1 Å². The third-order valence-electron chi connectivity index (χ3n) is 4.70. The first-order chi connectivity index (χ1) is 9.23. The zero-order valence-corrected chi connectivity index (χ0v) is 14.8. The van der Waals surface area contributed by atoms with Crippen LogP contribution in [0.5, 0.6) is 0 Å². The fourth-order valence-electron chi connectivity index (χ4n) is 3.11. The third kappa shape index (κ3) is 5.01. The van der Waals surface area contributed by atoms with Crippen LogP contribution in [-0.4, -0.2) is 48.3 Å². The van der Waals surface area contributed by atoms with Crippen molar-refractivity contribution in [2.45, 2.75) is 78.5 Å². The molecule has 3 nitrogen and oxygen atoms in total. The summed E-state index contributed by atoms with van der Waals surface area (Å²) in [5, 5.41) is 3.82. The molecule has 0 aromatic heterocycles. The second-order valence-corrected chi connectivity index (χ2v) is 7.61. The minimum atomic E-state index is -0.0338. The minimum absolute atomic E-state index is 0.0338. The number of piperazine rings is 1. The summed E-state index contributed by atoms with van der Waals surface area (Å²) in [6.45, 7) is 19.8. The Bertz CT molecular complexity index is 279. The first kappa shape index (κ1) is 17.9. The first-order valence-electron chi connectivity index (χ1n) is 8.36. The molecular weight excluding hydrogens is 248 g/mol. The van der Waals surface area contributed by atoms with Crippen LogP contribution in [0.2, 0.25) is 0 Å². The molecule has 0 bridgehead atoms. The van der Waals surface area contributed by atoms with E-state index < -0.39 is 0 Å². The Hall–Kier alpha value is -0.120. The Labute approximate surface area is 126 Å². The van der Waals surface area contributed by atoms with Crippen molar-refractivity contribution in [3.05, 3.63) is 0 Å². The molecule has 0 radical (unpaired) electrons. The Morgan fingerprint density at radius 1 is 1.25 bits per heavy atom. The van der Waals surface area contributed by atoms with Gasteiger partial charge in [0.25, 0.3) is 0 Å². The summed E-state index contributed by atoms with van der Waals surface area (Å²) in [5.74, 6) is 0.684. The maximum atomic E-state index is 5.93. The summed E-state index contributed by atoms with van der Waals surface area (Å²) < 4.78 is 5.93. The topological polar surface area (TPSA) is 24.5 Å². The average molecular weight is 284 g/mol. The van der Waals surface area contributed by atoms with Crippen LogP contribution in [0.3, 0.4) is 0 Å². The van der Waals surface area contributed by atoms with Crippen molar-refractivity contribution in [1.82, 2.24) is 10.2 Å². The maximum absolute atomic E-state index is 5.93. The van der Waals surface area contributed by atoms with Crippen molar-refractivity contribution < 1.29 is 4.74 Å². The normalized spacial score (nSPS) is 24.3. The van der Waals surface area contributed by atoms with E-state index in [0.29, 0.717) is 17.5 Å². The molecule has 120 valence electrons. The van der Waals surface area contributed by atoms with E-state index in [-0.39, 0.29) is 5.60 Å². The van der Waals surface area contributed by atoms with Crippen LogP contribution in [0.25, 0.3) is 0 Å². The lowest BCUT2D eigenvalue weighted by atomic mass is 9.86. The van der Waals surface area contributed by atoms with Crippen LogP contribution in [0.1, 0.15) is 61.3 Å². The van der Waals surface area contributed by atoms with Gasteiger partial charge in [-0.15, -0.1) is 0 Å². The lowest BCUT2D eigenvalue weighted by Crippen LogP contribution is -2.65. The molecule has 1 rings (SSSR count). The van der Waals surface area contributed by atoms with E-state index in [4.69, 9.17) is 4.74 Å². The summed E-state index contributed by atoms with van der Waals surface area (Å²) in [6.07, 6.45) is 2.40. The summed E-state index contributed by atoms with van der Waals surface area (Å²) in [4.78, 5) is 2.65. The average Bonchev–Trinajstić information content (AvgIpc) is 2.36. The van der Waals surface area contributed by atoms with E-state index in [2.05, 4.69) is 58.7 Å². The van der Waals surface area contributed by atoms with E-state index in [1.54, 1.807) is 0 Å². The van der Waals surface area contributed by atoms with Gasteiger partial charge >= 0.3 is 0 Å². The van der Waals surface area contributed by atoms with Gasteiger partial charge in [0.2, 0.25) is 0 Å². The number of nitrogens with one attached hydrogen (secondary N) is 1. The van der Waals surface area contributed by atoms with Crippen LogP contribution in [0.15, 0.2) is 0 Å². The lowest BCUT2D eigenvalue weighted by molar-refractivity contribution is -0.0332. The van der Waals surface area contributed by atoms with Gasteiger partial charge in [-0.1, -0.05) is 27.7 Å². The van der Waals surface area contributed by atoms with Gasteiger partial charge in [0.05, 0.1) is 12.2 Å². The van der Waals surface area contributed by atoms with Gasteiger partial charge in [-0.25, -0.2) is 0 Å². The van der Waals surface area contributed by atoms with Crippen molar-refractivity contribution in [3.63, 3.8) is 0 Å². The zero-order chi connectivity index (χ0) is 15.4. The predicted octanol–water partition coefficient (Wildman–Crippen LogP) is 3.29. The largest absolute Gasteiger partial charge is 0.375 e. The van der Waals surface area contributed by atoms with E-state index in [1.807, 2.05) is 0 Å². The molecule has 0 aliphatic carbocycles. The quantitative estimate of drug-likeness (QED) is 0.810. The summed E-state index contributed by atoms with van der Waals surface area (Å²) in [5.41, 5.74) is 0.265. The van der Waals surface area contributed by atoms with Crippen molar-refractivity contribution in [2.24, 2.45) is 5.92 Å². The van der Waals surface area contributed by atoms with E-state index in [0.717, 1.165) is 26.2 Å². The highest BCUT2D eigenvalue weighted by atomic mass is 16.5. The molecule has 20 heavy (non-hydrogen) atoms. The van der Waals surface area contributed by atoms with Crippen LogP contribution in [0.4, 0.5) is 0 Å². The van der Waals surface area contributed by atoms with Crippen LogP contribution in [-0.2, 0) is 4.74 Å². The third-order valence-corrected chi connectivity index (χ3v) is 4.70. The number of rotatable bonds is 6. The maximum Gasteiger partial charge on any atom is 0.0600 e. The second-order valence-electron chi connectivity index (χ2n) is 7.61. The first-order valence-corrected chi connectivity index (χ1v) is 8.36. The standard InChI is InChI=1S/C17H36N2O/c1-8-17(9-2)13-19(10-11-20-16(5,6)7)15(12-18-17)14(3)4/h14-15,18H,8-13H2,1-7H3. The van der Waals surface area contributed by atoms with Gasteiger partial charge in [0, 0.05) is 31.2 Å². The van der Waals surface area contributed by atoms with Gasteiger partial charge in [-0.05, 0) is 39.5 Å². The number of ether oxygens (including phenoxy) is 1. The predicted molar refractivity (Wildman–Crippen MR) is 87.2 cm³/mol. The smallest absolute Gasteiger partial charge is 0.0600 e. The molecule has 1 unspecified atom stereocenters. The molecule has 1 heterocycles. The summed E-state index contributed by atoms with van der Waals surface area (Å²) >= 11 is 0. The Balaban J connectivity index is 2.64. The fraction of sp³-hybridized carbons (Fsp3) is 1.00. The van der Waals surface area contributed by atoms with Crippen molar-refractivity contribution >= 4 is 0 Å².